The van der Waals surface area contributed by atoms with E-state index in [2.05, 4.69) is 16.4 Å². The van der Waals surface area contributed by atoms with Gasteiger partial charge in [-0.3, -0.25) is 9.78 Å². The van der Waals surface area contributed by atoms with Crippen molar-refractivity contribution in [2.45, 2.75) is 32.2 Å². The van der Waals surface area contributed by atoms with Gasteiger partial charge in [-0.2, -0.15) is 0 Å². The first-order valence-electron chi connectivity index (χ1n) is 4.95. The third kappa shape index (κ3) is 1.92. The van der Waals surface area contributed by atoms with Crippen molar-refractivity contribution in [1.82, 2.24) is 10.3 Å². The molecule has 0 spiro atoms. The standard InChI is InChI=1S/C11H14N2O/c1-8(14)13-10-5-4-9-3-2-6-12-11(9)7-10/h2-3,6,10H,4-5,7H2,1H3,(H,13,14)/t10-/m1/s1. The molecule has 0 aliphatic heterocycles. The molecule has 0 radical (unpaired) electrons. The number of hydrogen-bond acceptors (Lipinski definition) is 2. The predicted octanol–water partition coefficient (Wildman–Crippen LogP) is 1.07. The van der Waals surface area contributed by atoms with E-state index in [1.54, 1.807) is 6.92 Å². The molecule has 14 heavy (non-hydrogen) atoms. The molecule has 0 aromatic carbocycles. The lowest BCUT2D eigenvalue weighted by atomic mass is 9.92. The molecule has 0 unspecified atom stereocenters. The number of pyridine rings is 1. The van der Waals surface area contributed by atoms with E-state index in [-0.39, 0.29) is 11.9 Å². The molecule has 1 aliphatic carbocycles. The number of nitrogens with zero attached hydrogens (tertiary/aromatic N) is 1. The Balaban J connectivity index is 2.09. The third-order valence-corrected chi connectivity index (χ3v) is 2.59. The van der Waals surface area contributed by atoms with Gasteiger partial charge in [-0.25, -0.2) is 0 Å². The molecule has 0 saturated heterocycles. The Bertz CT molecular complexity index is 349. The summed E-state index contributed by atoms with van der Waals surface area (Å²) in [6, 6.07) is 4.36. The number of aryl methyl sites for hydroxylation is 1. The Morgan fingerprint density at radius 1 is 1.64 bits per heavy atom. The van der Waals surface area contributed by atoms with E-state index >= 15 is 0 Å². The van der Waals surface area contributed by atoms with Crippen LogP contribution in [0, 0.1) is 0 Å². The van der Waals surface area contributed by atoms with Crippen LogP contribution in [-0.4, -0.2) is 16.9 Å². The highest BCUT2D eigenvalue weighted by atomic mass is 16.1. The monoisotopic (exact) mass is 190 g/mol. The van der Waals surface area contributed by atoms with Crippen LogP contribution in [0.2, 0.25) is 0 Å². The van der Waals surface area contributed by atoms with Crippen LogP contribution in [0.5, 0.6) is 0 Å². The summed E-state index contributed by atoms with van der Waals surface area (Å²) in [4.78, 5) is 15.2. The number of amides is 1. The van der Waals surface area contributed by atoms with E-state index in [0.29, 0.717) is 0 Å². The lowest BCUT2D eigenvalue weighted by Gasteiger charge is -2.23. The summed E-state index contributed by atoms with van der Waals surface area (Å²) in [5.74, 6) is 0.0504. The van der Waals surface area contributed by atoms with E-state index in [4.69, 9.17) is 0 Å². The Labute approximate surface area is 83.5 Å². The average Bonchev–Trinajstić information content (AvgIpc) is 2.17. The van der Waals surface area contributed by atoms with Crippen molar-refractivity contribution >= 4 is 5.91 Å². The van der Waals surface area contributed by atoms with Crippen LogP contribution >= 0.6 is 0 Å². The highest BCUT2D eigenvalue weighted by molar-refractivity contribution is 5.73. The summed E-state index contributed by atoms with van der Waals surface area (Å²) in [6.07, 6.45) is 4.73. The normalized spacial score (nSPS) is 19.9. The third-order valence-electron chi connectivity index (χ3n) is 2.59. The molecule has 2 rings (SSSR count). The van der Waals surface area contributed by atoms with Crippen LogP contribution in [0.3, 0.4) is 0 Å². The summed E-state index contributed by atoms with van der Waals surface area (Å²) in [5.41, 5.74) is 2.46. The van der Waals surface area contributed by atoms with Gasteiger partial charge in [0, 0.05) is 31.3 Å². The highest BCUT2D eigenvalue weighted by Gasteiger charge is 2.19. The molecule has 3 heteroatoms. The number of fused-ring (bicyclic) bond motifs is 1. The van der Waals surface area contributed by atoms with Crippen molar-refractivity contribution in [2.24, 2.45) is 0 Å². The molecule has 1 N–H and O–H groups in total. The van der Waals surface area contributed by atoms with Gasteiger partial charge in [0.15, 0.2) is 0 Å². The maximum atomic E-state index is 10.9. The van der Waals surface area contributed by atoms with Crippen LogP contribution in [0.1, 0.15) is 24.6 Å². The van der Waals surface area contributed by atoms with Gasteiger partial charge in [0.1, 0.15) is 0 Å². The Morgan fingerprint density at radius 3 is 3.29 bits per heavy atom. The number of hydrogen-bond donors (Lipinski definition) is 1. The van der Waals surface area contributed by atoms with Gasteiger partial charge in [0.2, 0.25) is 5.91 Å². The van der Waals surface area contributed by atoms with Crippen molar-refractivity contribution in [1.29, 1.82) is 0 Å². The molecule has 0 fully saturated rings. The molecular weight excluding hydrogens is 176 g/mol. The molecular formula is C11H14N2O. The molecule has 1 heterocycles. The molecule has 0 saturated carbocycles. The summed E-state index contributed by atoms with van der Waals surface area (Å²) in [6.45, 7) is 1.56. The van der Waals surface area contributed by atoms with Crippen LogP contribution in [-0.2, 0) is 17.6 Å². The van der Waals surface area contributed by atoms with Gasteiger partial charge >= 0.3 is 0 Å². The van der Waals surface area contributed by atoms with Gasteiger partial charge in [0.05, 0.1) is 0 Å². The Hall–Kier alpha value is -1.38. The smallest absolute Gasteiger partial charge is 0.217 e. The van der Waals surface area contributed by atoms with Gasteiger partial charge in [-0.1, -0.05) is 6.07 Å². The SMILES string of the molecule is CC(=O)N[C@@H]1CCc2cccnc2C1. The number of aromatic nitrogens is 1. The fourth-order valence-electron chi connectivity index (χ4n) is 1.96. The van der Waals surface area contributed by atoms with Crippen molar-refractivity contribution in [3.63, 3.8) is 0 Å². The van der Waals surface area contributed by atoms with Crippen molar-refractivity contribution in [3.05, 3.63) is 29.6 Å². The zero-order valence-electron chi connectivity index (χ0n) is 8.29. The summed E-state index contributed by atoms with van der Waals surface area (Å²) in [7, 11) is 0. The maximum absolute atomic E-state index is 10.9. The lowest BCUT2D eigenvalue weighted by molar-refractivity contribution is -0.119. The highest BCUT2D eigenvalue weighted by Crippen LogP contribution is 2.18. The first-order valence-corrected chi connectivity index (χ1v) is 4.95. The van der Waals surface area contributed by atoms with Crippen LogP contribution in [0.15, 0.2) is 18.3 Å². The number of rotatable bonds is 1. The molecule has 0 bridgehead atoms. The summed E-state index contributed by atoms with van der Waals surface area (Å²) >= 11 is 0. The molecule has 74 valence electrons. The fourth-order valence-corrected chi connectivity index (χ4v) is 1.96. The Morgan fingerprint density at radius 2 is 2.50 bits per heavy atom. The van der Waals surface area contributed by atoms with Gasteiger partial charge in [0.25, 0.3) is 0 Å². The molecule has 1 aromatic heterocycles. The van der Waals surface area contributed by atoms with Crippen LogP contribution < -0.4 is 5.32 Å². The minimum absolute atomic E-state index is 0.0504. The first-order chi connectivity index (χ1) is 6.75. The zero-order chi connectivity index (χ0) is 9.97. The largest absolute Gasteiger partial charge is 0.353 e. The number of carbonyl (C=O) groups is 1. The van der Waals surface area contributed by atoms with E-state index in [1.807, 2.05) is 12.3 Å². The second kappa shape index (κ2) is 3.78. The lowest BCUT2D eigenvalue weighted by Crippen LogP contribution is -2.37. The zero-order valence-corrected chi connectivity index (χ0v) is 8.29. The van der Waals surface area contributed by atoms with Crippen molar-refractivity contribution in [2.75, 3.05) is 0 Å². The van der Waals surface area contributed by atoms with Crippen LogP contribution in [0.25, 0.3) is 0 Å². The van der Waals surface area contributed by atoms with E-state index < -0.39 is 0 Å². The second-order valence-electron chi connectivity index (χ2n) is 3.75. The first kappa shape index (κ1) is 9.19. The van der Waals surface area contributed by atoms with Crippen LogP contribution in [0.4, 0.5) is 0 Å². The van der Waals surface area contributed by atoms with E-state index in [9.17, 15) is 4.79 Å². The minimum Gasteiger partial charge on any atom is -0.353 e. The maximum Gasteiger partial charge on any atom is 0.217 e. The molecule has 3 nitrogen and oxygen atoms in total. The average molecular weight is 190 g/mol. The van der Waals surface area contributed by atoms with Crippen molar-refractivity contribution in [3.8, 4) is 0 Å². The number of nitrogens with one attached hydrogen (secondary N) is 1. The molecule has 1 aliphatic rings. The van der Waals surface area contributed by atoms with E-state index in [0.717, 1.165) is 25.0 Å². The topological polar surface area (TPSA) is 42.0 Å². The fraction of sp³-hybridized carbons (Fsp3) is 0.455. The van der Waals surface area contributed by atoms with Gasteiger partial charge < -0.3 is 5.32 Å². The second-order valence-corrected chi connectivity index (χ2v) is 3.75. The van der Waals surface area contributed by atoms with Gasteiger partial charge in [-0.05, 0) is 24.5 Å². The number of carbonyl (C=O) groups excluding carboxylic acids is 1. The van der Waals surface area contributed by atoms with E-state index in [1.165, 1.54) is 5.56 Å². The molecule has 1 atom stereocenters. The summed E-state index contributed by atoms with van der Waals surface area (Å²) < 4.78 is 0. The molecule has 1 amide bonds. The minimum atomic E-state index is 0.0504. The molecule has 1 aromatic rings. The quantitative estimate of drug-likeness (QED) is 0.720. The predicted molar refractivity (Wildman–Crippen MR) is 53.9 cm³/mol. The van der Waals surface area contributed by atoms with Crippen molar-refractivity contribution < 1.29 is 4.79 Å². The van der Waals surface area contributed by atoms with Gasteiger partial charge in [-0.15, -0.1) is 0 Å². The summed E-state index contributed by atoms with van der Waals surface area (Å²) in [5, 5.41) is 2.94. The Kier molecular flexibility index (Phi) is 2.48.